The Balaban J connectivity index is 1.84. The molecule has 186 valence electrons. The molecule has 1 heterocycles. The van der Waals surface area contributed by atoms with Crippen LogP contribution in [0.15, 0.2) is 30.3 Å². The second kappa shape index (κ2) is 9.10. The predicted octanol–water partition coefficient (Wildman–Crippen LogP) is 4.60. The van der Waals surface area contributed by atoms with Gasteiger partial charge in [0.15, 0.2) is 11.5 Å². The van der Waals surface area contributed by atoms with E-state index in [1.165, 1.54) is 0 Å². The molecule has 35 heavy (non-hydrogen) atoms. The fourth-order valence-corrected chi connectivity index (χ4v) is 6.54. The summed E-state index contributed by atoms with van der Waals surface area (Å²) in [5.74, 6) is 1.18. The van der Waals surface area contributed by atoms with Crippen molar-refractivity contribution >= 4 is 11.9 Å². The normalized spacial score (nSPS) is 23.3. The Morgan fingerprint density at radius 1 is 1.03 bits per heavy atom. The van der Waals surface area contributed by atoms with Crippen LogP contribution in [0.4, 0.5) is 0 Å². The summed E-state index contributed by atoms with van der Waals surface area (Å²) in [6.07, 6.45) is 5.49. The van der Waals surface area contributed by atoms with Crippen molar-refractivity contribution < 1.29 is 28.5 Å². The number of amides is 1. The lowest BCUT2D eigenvalue weighted by molar-refractivity contribution is -0.153. The molecule has 0 bridgehead atoms. The van der Waals surface area contributed by atoms with Gasteiger partial charge in [0.1, 0.15) is 5.41 Å². The molecule has 2 atom stereocenters. The van der Waals surface area contributed by atoms with Gasteiger partial charge in [0, 0.05) is 17.2 Å². The summed E-state index contributed by atoms with van der Waals surface area (Å²) in [6, 6.07) is 8.95. The number of fused-ring (bicyclic) bond motifs is 5. The molecule has 1 fully saturated rings. The second-order valence-electron chi connectivity index (χ2n) is 9.53. The fourth-order valence-electron chi connectivity index (χ4n) is 6.54. The highest BCUT2D eigenvalue weighted by Gasteiger charge is 2.63. The summed E-state index contributed by atoms with van der Waals surface area (Å²) in [6.45, 7) is 2.07. The quantitative estimate of drug-likeness (QED) is 0.564. The summed E-state index contributed by atoms with van der Waals surface area (Å²) >= 11 is 0. The highest BCUT2D eigenvalue weighted by Crippen LogP contribution is 2.60. The van der Waals surface area contributed by atoms with Gasteiger partial charge < -0.3 is 23.8 Å². The van der Waals surface area contributed by atoms with Crippen molar-refractivity contribution in [1.82, 2.24) is 4.90 Å². The number of hydrogen-bond acceptors (Lipinski definition) is 6. The van der Waals surface area contributed by atoms with E-state index in [0.717, 1.165) is 48.8 Å². The Hall–Kier alpha value is -3.22. The molecule has 0 radical (unpaired) electrons. The molecule has 0 spiro atoms. The van der Waals surface area contributed by atoms with Gasteiger partial charge in [-0.1, -0.05) is 37.5 Å². The van der Waals surface area contributed by atoms with Gasteiger partial charge in [-0.05, 0) is 49.4 Å². The SMILES string of the molecule is CCOC(=O)[C@]12Cc3c(cc(OC)c(OC)c3OC)[C@H]1N(C1CCCCC1)C(=O)c1ccccc12. The molecule has 3 aliphatic rings. The number of benzene rings is 2. The van der Waals surface area contributed by atoms with Gasteiger partial charge in [-0.25, -0.2) is 0 Å². The molecular formula is C28H33NO6. The van der Waals surface area contributed by atoms with Crippen LogP contribution in [0.2, 0.25) is 0 Å². The van der Waals surface area contributed by atoms with Crippen molar-refractivity contribution in [2.75, 3.05) is 27.9 Å². The number of rotatable bonds is 6. The van der Waals surface area contributed by atoms with Gasteiger partial charge in [-0.2, -0.15) is 0 Å². The Labute approximate surface area is 206 Å². The van der Waals surface area contributed by atoms with Crippen LogP contribution in [0, 0.1) is 0 Å². The van der Waals surface area contributed by atoms with E-state index in [1.54, 1.807) is 21.3 Å². The molecular weight excluding hydrogens is 446 g/mol. The number of ether oxygens (including phenoxy) is 4. The van der Waals surface area contributed by atoms with E-state index in [-0.39, 0.29) is 24.5 Å². The van der Waals surface area contributed by atoms with Gasteiger partial charge in [0.25, 0.3) is 5.91 Å². The fraction of sp³-hybridized carbons (Fsp3) is 0.500. The molecule has 1 amide bonds. The summed E-state index contributed by atoms with van der Waals surface area (Å²) < 4.78 is 22.9. The molecule has 0 N–H and O–H groups in total. The van der Waals surface area contributed by atoms with Crippen LogP contribution in [0.5, 0.6) is 17.2 Å². The van der Waals surface area contributed by atoms with E-state index < -0.39 is 11.5 Å². The largest absolute Gasteiger partial charge is 0.493 e. The molecule has 0 unspecified atom stereocenters. The number of carbonyl (C=O) groups excluding carboxylic acids is 2. The zero-order valence-corrected chi connectivity index (χ0v) is 20.9. The number of methoxy groups -OCH3 is 3. The van der Waals surface area contributed by atoms with Crippen molar-refractivity contribution in [3.63, 3.8) is 0 Å². The lowest BCUT2D eigenvalue weighted by Gasteiger charge is -2.49. The third kappa shape index (κ3) is 3.31. The van der Waals surface area contributed by atoms with Crippen LogP contribution in [-0.2, 0) is 21.4 Å². The zero-order chi connectivity index (χ0) is 24.7. The van der Waals surface area contributed by atoms with Crippen molar-refractivity contribution in [1.29, 1.82) is 0 Å². The first-order valence-electron chi connectivity index (χ1n) is 12.4. The molecule has 5 rings (SSSR count). The maximum absolute atomic E-state index is 14.1. The first-order chi connectivity index (χ1) is 17.0. The van der Waals surface area contributed by atoms with E-state index in [1.807, 2.05) is 42.2 Å². The van der Waals surface area contributed by atoms with E-state index in [4.69, 9.17) is 18.9 Å². The Morgan fingerprint density at radius 3 is 2.40 bits per heavy atom. The summed E-state index contributed by atoms with van der Waals surface area (Å²) in [5, 5.41) is 0. The standard InChI is InChI=1S/C28H33NO6/c1-5-35-27(31)28-16-20-19(15-22(32-2)24(34-4)23(20)33-3)25(28)29(17-11-7-6-8-12-17)26(30)18-13-9-10-14-21(18)28/h9-10,13-15,17,25H,5-8,11-12,16H2,1-4H3/t25-,28+/m1/s1. The van der Waals surface area contributed by atoms with Gasteiger partial charge in [0.2, 0.25) is 5.75 Å². The summed E-state index contributed by atoms with van der Waals surface area (Å²) in [4.78, 5) is 30.1. The molecule has 0 aromatic heterocycles. The maximum Gasteiger partial charge on any atom is 0.319 e. The Bertz CT molecular complexity index is 1150. The molecule has 2 aromatic rings. The molecule has 1 saturated carbocycles. The van der Waals surface area contributed by atoms with E-state index >= 15 is 0 Å². The summed E-state index contributed by atoms with van der Waals surface area (Å²) in [5.41, 5.74) is 1.93. The molecule has 2 aliphatic carbocycles. The number of hydrogen-bond donors (Lipinski definition) is 0. The van der Waals surface area contributed by atoms with Gasteiger partial charge >= 0.3 is 5.97 Å². The van der Waals surface area contributed by atoms with Gasteiger partial charge in [-0.15, -0.1) is 0 Å². The minimum atomic E-state index is -1.08. The van der Waals surface area contributed by atoms with Crippen molar-refractivity contribution in [2.24, 2.45) is 0 Å². The van der Waals surface area contributed by atoms with E-state index in [9.17, 15) is 9.59 Å². The van der Waals surface area contributed by atoms with Crippen LogP contribution < -0.4 is 14.2 Å². The first kappa shape index (κ1) is 23.5. The second-order valence-corrected chi connectivity index (χ2v) is 9.53. The molecule has 2 aromatic carbocycles. The van der Waals surface area contributed by atoms with E-state index in [0.29, 0.717) is 29.2 Å². The smallest absolute Gasteiger partial charge is 0.319 e. The van der Waals surface area contributed by atoms with Crippen LogP contribution in [0.1, 0.15) is 72.1 Å². The maximum atomic E-state index is 14.1. The van der Waals surface area contributed by atoms with Crippen LogP contribution >= 0.6 is 0 Å². The lowest BCUT2D eigenvalue weighted by atomic mass is 9.68. The average Bonchev–Trinajstić information content (AvgIpc) is 3.24. The minimum absolute atomic E-state index is 0.0287. The number of carbonyl (C=O) groups is 2. The van der Waals surface area contributed by atoms with Crippen molar-refractivity contribution in [2.45, 2.75) is 62.9 Å². The Kier molecular flexibility index (Phi) is 6.11. The van der Waals surface area contributed by atoms with Gasteiger partial charge in [-0.3, -0.25) is 9.59 Å². The van der Waals surface area contributed by atoms with Crippen LogP contribution in [0.3, 0.4) is 0 Å². The molecule has 0 saturated heterocycles. The first-order valence-corrected chi connectivity index (χ1v) is 12.4. The molecule has 1 aliphatic heterocycles. The molecule has 7 nitrogen and oxygen atoms in total. The zero-order valence-electron chi connectivity index (χ0n) is 20.9. The lowest BCUT2D eigenvalue weighted by Crippen LogP contribution is -2.57. The van der Waals surface area contributed by atoms with Crippen LogP contribution in [0.25, 0.3) is 0 Å². The highest BCUT2D eigenvalue weighted by molar-refractivity contribution is 6.03. The Morgan fingerprint density at radius 2 is 1.74 bits per heavy atom. The average molecular weight is 480 g/mol. The van der Waals surface area contributed by atoms with Crippen LogP contribution in [-0.4, -0.2) is 50.8 Å². The molecule has 7 heteroatoms. The summed E-state index contributed by atoms with van der Waals surface area (Å²) in [7, 11) is 4.75. The minimum Gasteiger partial charge on any atom is -0.493 e. The van der Waals surface area contributed by atoms with E-state index in [2.05, 4.69) is 0 Å². The van der Waals surface area contributed by atoms with Gasteiger partial charge in [0.05, 0.1) is 34.0 Å². The van der Waals surface area contributed by atoms with Crippen molar-refractivity contribution in [3.8, 4) is 17.2 Å². The van der Waals surface area contributed by atoms with Crippen molar-refractivity contribution in [3.05, 3.63) is 52.6 Å². The third-order valence-corrected chi connectivity index (χ3v) is 7.94. The topological polar surface area (TPSA) is 74.3 Å². The monoisotopic (exact) mass is 479 g/mol. The number of esters is 1. The number of nitrogens with zero attached hydrogens (tertiary/aromatic N) is 1. The predicted molar refractivity (Wildman–Crippen MR) is 130 cm³/mol. The highest BCUT2D eigenvalue weighted by atomic mass is 16.5. The third-order valence-electron chi connectivity index (χ3n) is 7.94.